The van der Waals surface area contributed by atoms with E-state index in [9.17, 15) is 4.79 Å². The van der Waals surface area contributed by atoms with Gasteiger partial charge in [0.2, 0.25) is 0 Å². The summed E-state index contributed by atoms with van der Waals surface area (Å²) < 4.78 is 0. The number of carbonyl (C=O) groups excluding carboxylic acids is 1. The molecule has 116 valence electrons. The van der Waals surface area contributed by atoms with Crippen molar-refractivity contribution in [3.63, 3.8) is 0 Å². The van der Waals surface area contributed by atoms with Gasteiger partial charge in [-0.25, -0.2) is 0 Å². The van der Waals surface area contributed by atoms with E-state index in [1.54, 1.807) is 0 Å². The molecule has 0 spiro atoms. The van der Waals surface area contributed by atoms with E-state index in [2.05, 4.69) is 24.8 Å². The largest absolute Gasteiger partial charge is 0.287 e. The van der Waals surface area contributed by atoms with E-state index in [0.29, 0.717) is 0 Å². The van der Waals surface area contributed by atoms with Crippen molar-refractivity contribution in [1.29, 1.82) is 0 Å². The Morgan fingerprint density at radius 2 is 1.64 bits per heavy atom. The Balaban J connectivity index is 1.74. The van der Waals surface area contributed by atoms with Crippen molar-refractivity contribution in [3.8, 4) is 0 Å². The second-order valence-corrected chi connectivity index (χ2v) is 6.40. The maximum Gasteiger partial charge on any atom is 0.193 e. The van der Waals surface area contributed by atoms with Crippen molar-refractivity contribution in [2.45, 2.75) is 38.0 Å². The number of carbonyl (C=O) groups is 1. The molecule has 0 N–H and O–H groups in total. The van der Waals surface area contributed by atoms with Gasteiger partial charge in [-0.2, -0.15) is 0 Å². The van der Waals surface area contributed by atoms with Gasteiger partial charge in [0.05, 0.1) is 5.92 Å². The first kappa shape index (κ1) is 17.1. The van der Waals surface area contributed by atoms with Crippen molar-refractivity contribution in [2.24, 2.45) is 0 Å². The Morgan fingerprint density at radius 1 is 0.955 bits per heavy atom. The lowest BCUT2D eigenvalue weighted by Gasteiger charge is -2.13. The Bertz CT molecular complexity index is 580. The van der Waals surface area contributed by atoms with Crippen molar-refractivity contribution in [3.05, 3.63) is 70.7 Å². The molecule has 0 saturated heterocycles. The molecule has 0 aliphatic heterocycles. The summed E-state index contributed by atoms with van der Waals surface area (Å²) in [6.45, 7) is 0. The molecule has 0 radical (unpaired) electrons. The summed E-state index contributed by atoms with van der Waals surface area (Å²) in [6.07, 6.45) is 5.21. The smallest absolute Gasteiger partial charge is 0.193 e. The van der Waals surface area contributed by atoms with Crippen LogP contribution in [0.5, 0.6) is 0 Å². The predicted molar refractivity (Wildman–Crippen MR) is 96.8 cm³/mol. The minimum Gasteiger partial charge on any atom is -0.287 e. The second kappa shape index (κ2) is 9.02. The van der Waals surface area contributed by atoms with E-state index in [4.69, 9.17) is 11.6 Å². The van der Waals surface area contributed by atoms with Gasteiger partial charge in [0.1, 0.15) is 0 Å². The van der Waals surface area contributed by atoms with E-state index in [0.717, 1.165) is 42.7 Å². The summed E-state index contributed by atoms with van der Waals surface area (Å²) in [5, 5.41) is 0.741. The summed E-state index contributed by atoms with van der Waals surface area (Å²) in [7, 11) is 0. The average molecular weight is 333 g/mol. The van der Waals surface area contributed by atoms with Gasteiger partial charge in [-0.1, -0.05) is 66.9 Å². The lowest BCUT2D eigenvalue weighted by molar-refractivity contribution is -0.112. The lowest BCUT2D eigenvalue weighted by atomic mass is 9.94. The Hall–Kier alpha value is -1.25. The zero-order chi connectivity index (χ0) is 15.8. The van der Waals surface area contributed by atoms with Crippen LogP contribution in [-0.2, 0) is 11.2 Å². The normalized spacial score (nSPS) is 12.1. The highest BCUT2D eigenvalue weighted by atomic mass is 35.5. The highest BCUT2D eigenvalue weighted by Crippen LogP contribution is 2.25. The third-order valence-electron chi connectivity index (χ3n) is 3.87. The van der Waals surface area contributed by atoms with Crippen LogP contribution in [0, 0.1) is 0 Å². The van der Waals surface area contributed by atoms with Crippen molar-refractivity contribution < 1.29 is 4.79 Å². The highest BCUT2D eigenvalue weighted by Gasteiger charge is 2.16. The molecular weight excluding hydrogens is 312 g/mol. The number of benzene rings is 2. The van der Waals surface area contributed by atoms with Gasteiger partial charge >= 0.3 is 0 Å². The van der Waals surface area contributed by atoms with E-state index >= 15 is 0 Å². The number of halogens is 1. The second-order valence-electron chi connectivity index (χ2n) is 5.53. The fourth-order valence-corrected chi connectivity index (χ4v) is 3.03. The minimum atomic E-state index is -0.0833. The van der Waals surface area contributed by atoms with E-state index in [1.165, 1.54) is 5.56 Å². The quantitative estimate of drug-likeness (QED) is 0.486. The Labute approximate surface area is 143 Å². The van der Waals surface area contributed by atoms with Crippen LogP contribution in [0.1, 0.15) is 42.7 Å². The highest BCUT2D eigenvalue weighted by molar-refractivity contribution is 7.96. The number of hydrogen-bond donors (Lipinski definition) is 1. The minimum absolute atomic E-state index is 0.0381. The molecular formula is C19H21ClOS. The molecule has 2 aromatic rings. The average Bonchev–Trinajstić information content (AvgIpc) is 2.53. The molecule has 1 nitrogen and oxygen atoms in total. The molecule has 0 amide bonds. The summed E-state index contributed by atoms with van der Waals surface area (Å²) in [6, 6.07) is 17.9. The van der Waals surface area contributed by atoms with Gasteiger partial charge in [0.15, 0.2) is 5.12 Å². The van der Waals surface area contributed by atoms with Crippen LogP contribution in [0.4, 0.5) is 0 Å². The molecule has 22 heavy (non-hydrogen) atoms. The third-order valence-corrected chi connectivity index (χ3v) is 4.44. The molecule has 2 aromatic carbocycles. The molecule has 0 aliphatic carbocycles. The van der Waals surface area contributed by atoms with Gasteiger partial charge in [0.25, 0.3) is 0 Å². The maximum absolute atomic E-state index is 11.7. The molecule has 0 fully saturated rings. The molecule has 0 saturated carbocycles. The summed E-state index contributed by atoms with van der Waals surface area (Å²) in [5.41, 5.74) is 2.38. The van der Waals surface area contributed by atoms with E-state index < -0.39 is 0 Å². The van der Waals surface area contributed by atoms with Crippen LogP contribution in [0.3, 0.4) is 0 Å². The molecule has 1 atom stereocenters. The molecule has 0 bridgehead atoms. The van der Waals surface area contributed by atoms with Crippen LogP contribution in [0.2, 0.25) is 5.02 Å². The first-order chi connectivity index (χ1) is 10.7. The Morgan fingerprint density at radius 3 is 2.27 bits per heavy atom. The summed E-state index contributed by atoms with van der Waals surface area (Å²) in [4.78, 5) is 11.7. The molecule has 0 aliphatic rings. The number of aryl methyl sites for hydroxylation is 1. The SMILES string of the molecule is O=C(S)C(CCCCCc1ccc(Cl)cc1)c1ccccc1. The monoisotopic (exact) mass is 332 g/mol. The van der Waals surface area contributed by atoms with Crippen LogP contribution < -0.4 is 0 Å². The zero-order valence-corrected chi connectivity index (χ0v) is 14.2. The number of thiol groups is 1. The number of rotatable bonds is 8. The van der Waals surface area contributed by atoms with E-state index in [1.807, 2.05) is 42.5 Å². The van der Waals surface area contributed by atoms with Gasteiger partial charge in [-0.3, -0.25) is 4.79 Å². The summed E-state index contributed by atoms with van der Waals surface area (Å²) >= 11 is 9.92. The molecule has 0 heterocycles. The first-order valence-corrected chi connectivity index (χ1v) is 8.51. The topological polar surface area (TPSA) is 17.1 Å². The van der Waals surface area contributed by atoms with Crippen LogP contribution >= 0.6 is 24.2 Å². The van der Waals surface area contributed by atoms with Crippen molar-refractivity contribution >= 4 is 29.3 Å². The lowest BCUT2D eigenvalue weighted by Crippen LogP contribution is -2.06. The van der Waals surface area contributed by atoms with Crippen LogP contribution in [0.15, 0.2) is 54.6 Å². The predicted octanol–water partition coefficient (Wildman–Crippen LogP) is 5.68. The van der Waals surface area contributed by atoms with Gasteiger partial charge < -0.3 is 0 Å². The molecule has 0 aromatic heterocycles. The van der Waals surface area contributed by atoms with E-state index in [-0.39, 0.29) is 11.0 Å². The van der Waals surface area contributed by atoms with Gasteiger partial charge in [0, 0.05) is 5.02 Å². The Kier molecular flexibility index (Phi) is 7.01. The molecule has 1 unspecified atom stereocenters. The number of unbranched alkanes of at least 4 members (excludes halogenated alkanes) is 2. The fourth-order valence-electron chi connectivity index (χ4n) is 2.62. The van der Waals surface area contributed by atoms with Gasteiger partial charge in [-0.05, 0) is 42.5 Å². The fraction of sp³-hybridized carbons (Fsp3) is 0.316. The first-order valence-electron chi connectivity index (χ1n) is 7.69. The van der Waals surface area contributed by atoms with Crippen LogP contribution in [0.25, 0.3) is 0 Å². The van der Waals surface area contributed by atoms with Gasteiger partial charge in [-0.15, -0.1) is 12.6 Å². The standard InChI is InChI=1S/C19H21ClOS/c20-17-13-11-15(12-14-17)7-3-1-6-10-18(19(21)22)16-8-4-2-5-9-16/h2,4-5,8-9,11-14,18H,1,3,6-7,10H2,(H,21,22). The number of hydrogen-bond acceptors (Lipinski definition) is 1. The van der Waals surface area contributed by atoms with Crippen molar-refractivity contribution in [1.82, 2.24) is 0 Å². The third kappa shape index (κ3) is 5.51. The molecule has 3 heteroatoms. The maximum atomic E-state index is 11.7. The summed E-state index contributed by atoms with van der Waals surface area (Å²) in [5.74, 6) is -0.0833. The van der Waals surface area contributed by atoms with Crippen LogP contribution in [-0.4, -0.2) is 5.12 Å². The zero-order valence-electron chi connectivity index (χ0n) is 12.5. The van der Waals surface area contributed by atoms with Crippen molar-refractivity contribution in [2.75, 3.05) is 0 Å². The molecule has 2 rings (SSSR count).